The van der Waals surface area contributed by atoms with E-state index in [9.17, 15) is 0 Å². The van der Waals surface area contributed by atoms with Gasteiger partial charge in [0.2, 0.25) is 0 Å². The molecule has 0 unspecified atom stereocenters. The molecule has 0 bridgehead atoms. The van der Waals surface area contributed by atoms with E-state index in [0.29, 0.717) is 22.3 Å². The average Bonchev–Trinajstić information content (AvgIpc) is 3.04. The number of anilines is 3. The number of benzene rings is 2. The lowest BCUT2D eigenvalue weighted by molar-refractivity contribution is 0.590. The molecule has 0 saturated heterocycles. The summed E-state index contributed by atoms with van der Waals surface area (Å²) in [6.07, 6.45) is 0. The Labute approximate surface area is 175 Å². The zero-order valence-electron chi connectivity index (χ0n) is 17.4. The van der Waals surface area contributed by atoms with Crippen LogP contribution in [-0.4, -0.2) is 15.0 Å². The van der Waals surface area contributed by atoms with E-state index in [2.05, 4.69) is 87.4 Å². The molecule has 0 atom stereocenters. The third kappa shape index (κ3) is 3.80. The summed E-state index contributed by atoms with van der Waals surface area (Å²) in [6.45, 7) is 10.8. The second-order valence-corrected chi connectivity index (χ2v) is 9.33. The van der Waals surface area contributed by atoms with E-state index in [1.54, 1.807) is 0 Å². The van der Waals surface area contributed by atoms with Gasteiger partial charge < -0.3 is 11.1 Å². The van der Waals surface area contributed by atoms with Crippen molar-refractivity contribution in [3.05, 3.63) is 59.2 Å². The average molecular weight is 404 g/mol. The summed E-state index contributed by atoms with van der Waals surface area (Å²) in [5.74, 6) is 1.34. The van der Waals surface area contributed by atoms with Crippen LogP contribution >= 0.6 is 11.3 Å². The standard InChI is InChI=1S/C23H25N5S/c1-13-7-6-8-14(2)17(13)25-20-18-21(29-22(24)26-18)28-19(27-20)15-9-11-16(12-10-15)23(3,4)5/h6-12H,1-5H3,(H2,24,26)(H,25,27,28). The Kier molecular flexibility index (Phi) is 4.74. The van der Waals surface area contributed by atoms with Crippen LogP contribution in [-0.2, 0) is 5.41 Å². The van der Waals surface area contributed by atoms with E-state index in [0.717, 1.165) is 27.2 Å². The van der Waals surface area contributed by atoms with Gasteiger partial charge in [-0.1, -0.05) is 74.6 Å². The number of fused-ring (bicyclic) bond motifs is 1. The number of rotatable bonds is 3. The Hall–Kier alpha value is -2.99. The Balaban J connectivity index is 1.83. The number of nitrogens with two attached hydrogens (primary N) is 1. The normalized spacial score (nSPS) is 11.8. The number of aromatic nitrogens is 3. The SMILES string of the molecule is Cc1cccc(C)c1Nc1nc(-c2ccc(C(C)(C)C)cc2)nc2sc(N)nc12. The molecule has 148 valence electrons. The third-order valence-corrected chi connectivity index (χ3v) is 5.79. The van der Waals surface area contributed by atoms with Gasteiger partial charge in [0.15, 0.2) is 21.6 Å². The van der Waals surface area contributed by atoms with Crippen LogP contribution in [0.2, 0.25) is 0 Å². The van der Waals surface area contributed by atoms with Gasteiger partial charge in [0.1, 0.15) is 5.52 Å². The Bertz CT molecular complexity index is 1170. The highest BCUT2D eigenvalue weighted by molar-refractivity contribution is 7.21. The first kappa shape index (κ1) is 19.3. The predicted molar refractivity (Wildman–Crippen MR) is 123 cm³/mol. The van der Waals surface area contributed by atoms with Gasteiger partial charge in [-0.3, -0.25) is 0 Å². The largest absolute Gasteiger partial charge is 0.375 e. The minimum atomic E-state index is 0.102. The fraction of sp³-hybridized carbons (Fsp3) is 0.261. The molecule has 0 saturated carbocycles. The second-order valence-electron chi connectivity index (χ2n) is 8.32. The van der Waals surface area contributed by atoms with Crippen LogP contribution in [0.3, 0.4) is 0 Å². The van der Waals surface area contributed by atoms with Gasteiger partial charge >= 0.3 is 0 Å². The van der Waals surface area contributed by atoms with Crippen molar-refractivity contribution >= 4 is 38.3 Å². The van der Waals surface area contributed by atoms with E-state index in [1.807, 2.05) is 0 Å². The van der Waals surface area contributed by atoms with Crippen LogP contribution in [0.4, 0.5) is 16.6 Å². The van der Waals surface area contributed by atoms with Gasteiger partial charge in [-0.15, -0.1) is 0 Å². The molecule has 0 aliphatic heterocycles. The lowest BCUT2D eigenvalue weighted by Crippen LogP contribution is -2.10. The molecule has 0 aliphatic rings. The lowest BCUT2D eigenvalue weighted by atomic mass is 9.87. The summed E-state index contributed by atoms with van der Waals surface area (Å²) in [5.41, 5.74) is 12.4. The fourth-order valence-corrected chi connectivity index (χ4v) is 4.01. The minimum Gasteiger partial charge on any atom is -0.375 e. The van der Waals surface area contributed by atoms with Crippen molar-refractivity contribution in [2.75, 3.05) is 11.1 Å². The number of nitrogens with one attached hydrogen (secondary N) is 1. The maximum Gasteiger partial charge on any atom is 0.182 e. The van der Waals surface area contributed by atoms with E-state index in [4.69, 9.17) is 15.7 Å². The van der Waals surface area contributed by atoms with Crippen LogP contribution < -0.4 is 11.1 Å². The van der Waals surface area contributed by atoms with Crippen LogP contribution in [0.25, 0.3) is 21.7 Å². The number of hydrogen-bond acceptors (Lipinski definition) is 6. The van der Waals surface area contributed by atoms with Crippen LogP contribution in [0.5, 0.6) is 0 Å². The molecule has 0 fully saturated rings. The van der Waals surface area contributed by atoms with Crippen molar-refractivity contribution in [2.45, 2.75) is 40.0 Å². The lowest BCUT2D eigenvalue weighted by Gasteiger charge is -2.19. The molecule has 0 radical (unpaired) electrons. The second kappa shape index (κ2) is 7.12. The maximum atomic E-state index is 5.98. The number of thiazole rings is 1. The predicted octanol–water partition coefficient (Wildman–Crippen LogP) is 5.99. The van der Waals surface area contributed by atoms with Crippen molar-refractivity contribution in [3.8, 4) is 11.4 Å². The molecule has 3 N–H and O–H groups in total. The van der Waals surface area contributed by atoms with Crippen molar-refractivity contribution < 1.29 is 0 Å². The maximum absolute atomic E-state index is 5.98. The topological polar surface area (TPSA) is 76.7 Å². The first-order valence-electron chi connectivity index (χ1n) is 9.60. The first-order valence-corrected chi connectivity index (χ1v) is 10.4. The van der Waals surface area contributed by atoms with E-state index in [1.165, 1.54) is 16.9 Å². The van der Waals surface area contributed by atoms with Gasteiger partial charge in [-0.25, -0.2) is 15.0 Å². The van der Waals surface area contributed by atoms with Crippen LogP contribution in [0.1, 0.15) is 37.5 Å². The molecule has 6 heteroatoms. The molecule has 0 spiro atoms. The first-order chi connectivity index (χ1) is 13.7. The van der Waals surface area contributed by atoms with Crippen LogP contribution in [0.15, 0.2) is 42.5 Å². The summed E-state index contributed by atoms with van der Waals surface area (Å²) < 4.78 is 0. The number of nitrogens with zero attached hydrogens (tertiary/aromatic N) is 3. The van der Waals surface area contributed by atoms with Gasteiger partial charge in [-0.2, -0.15) is 0 Å². The number of nitrogen functional groups attached to an aromatic ring is 1. The number of aryl methyl sites for hydroxylation is 2. The van der Waals surface area contributed by atoms with Gasteiger partial charge in [-0.05, 0) is 36.0 Å². The molecule has 2 aromatic carbocycles. The molecular weight excluding hydrogens is 378 g/mol. The zero-order chi connectivity index (χ0) is 20.8. The minimum absolute atomic E-state index is 0.102. The summed E-state index contributed by atoms with van der Waals surface area (Å²) in [4.78, 5) is 14.8. The Morgan fingerprint density at radius 1 is 0.897 bits per heavy atom. The molecular formula is C23H25N5S. The summed E-state index contributed by atoms with van der Waals surface area (Å²) >= 11 is 1.38. The molecule has 5 nitrogen and oxygen atoms in total. The third-order valence-electron chi connectivity index (χ3n) is 5.01. The molecule has 4 rings (SSSR count). The molecule has 4 aromatic rings. The van der Waals surface area contributed by atoms with E-state index >= 15 is 0 Å². The van der Waals surface area contributed by atoms with Gasteiger partial charge in [0, 0.05) is 11.3 Å². The zero-order valence-corrected chi connectivity index (χ0v) is 18.2. The van der Waals surface area contributed by atoms with E-state index < -0.39 is 0 Å². The highest BCUT2D eigenvalue weighted by atomic mass is 32.1. The molecule has 2 heterocycles. The van der Waals surface area contributed by atoms with Crippen molar-refractivity contribution in [2.24, 2.45) is 0 Å². The summed E-state index contributed by atoms with van der Waals surface area (Å²) in [6, 6.07) is 14.6. The highest BCUT2D eigenvalue weighted by Gasteiger charge is 2.17. The fourth-order valence-electron chi connectivity index (χ4n) is 3.30. The Morgan fingerprint density at radius 3 is 2.17 bits per heavy atom. The molecule has 0 amide bonds. The summed E-state index contributed by atoms with van der Waals surface area (Å²) in [5, 5.41) is 3.97. The molecule has 0 aliphatic carbocycles. The smallest absolute Gasteiger partial charge is 0.182 e. The van der Waals surface area contributed by atoms with Crippen LogP contribution in [0, 0.1) is 13.8 Å². The Morgan fingerprint density at radius 2 is 1.55 bits per heavy atom. The highest BCUT2D eigenvalue weighted by Crippen LogP contribution is 2.33. The van der Waals surface area contributed by atoms with Gasteiger partial charge in [0.25, 0.3) is 0 Å². The number of hydrogen-bond donors (Lipinski definition) is 2. The van der Waals surface area contributed by atoms with Crippen molar-refractivity contribution in [1.82, 2.24) is 15.0 Å². The molecule has 2 aromatic heterocycles. The summed E-state index contributed by atoms with van der Waals surface area (Å²) in [7, 11) is 0. The van der Waals surface area contributed by atoms with Crippen molar-refractivity contribution in [1.29, 1.82) is 0 Å². The number of para-hydroxylation sites is 1. The monoisotopic (exact) mass is 403 g/mol. The quantitative estimate of drug-likeness (QED) is 0.439. The molecule has 29 heavy (non-hydrogen) atoms. The van der Waals surface area contributed by atoms with E-state index in [-0.39, 0.29) is 5.41 Å². The van der Waals surface area contributed by atoms with Gasteiger partial charge in [0.05, 0.1) is 0 Å². The van der Waals surface area contributed by atoms with Crippen molar-refractivity contribution in [3.63, 3.8) is 0 Å².